The Kier molecular flexibility index (Phi) is 5.72. The summed E-state index contributed by atoms with van der Waals surface area (Å²) in [6.45, 7) is 6.68. The van der Waals surface area contributed by atoms with Gasteiger partial charge in [0.1, 0.15) is 12.4 Å². The molecule has 6 nitrogen and oxygen atoms in total. The molecule has 4 fully saturated rings. The van der Waals surface area contributed by atoms with Gasteiger partial charge in [-0.15, -0.1) is 5.10 Å². The van der Waals surface area contributed by atoms with E-state index in [2.05, 4.69) is 29.4 Å². The highest BCUT2D eigenvalue weighted by Gasteiger charge is 2.53. The number of carbonyl (C=O) groups is 1. The minimum Gasteiger partial charge on any atom is -0.390 e. The molecule has 0 spiro atoms. The first kappa shape index (κ1) is 21.5. The quantitative estimate of drug-likeness (QED) is 0.780. The molecule has 1 unspecified atom stereocenters. The molecule has 1 heterocycles. The van der Waals surface area contributed by atoms with Crippen molar-refractivity contribution in [1.29, 1.82) is 0 Å². The second-order valence-corrected chi connectivity index (χ2v) is 11.8. The van der Waals surface area contributed by atoms with Crippen molar-refractivity contribution < 1.29 is 9.90 Å². The van der Waals surface area contributed by atoms with Crippen LogP contribution in [-0.4, -0.2) is 36.7 Å². The first-order chi connectivity index (χ1) is 14.8. The molecule has 1 aromatic rings. The maximum Gasteiger partial charge on any atom is 0.157 e. The summed E-state index contributed by atoms with van der Waals surface area (Å²) >= 11 is 0. The predicted octanol–water partition coefficient (Wildman–Crippen LogP) is 4.21. The van der Waals surface area contributed by atoms with Gasteiger partial charge in [-0.25, -0.2) is 4.68 Å². The van der Waals surface area contributed by atoms with Crippen molar-refractivity contribution in [1.82, 2.24) is 20.2 Å². The molecule has 172 valence electrons. The maximum atomic E-state index is 13.4. The second kappa shape index (κ2) is 8.24. The molecule has 4 aliphatic carbocycles. The molecule has 0 bridgehead atoms. The van der Waals surface area contributed by atoms with Crippen LogP contribution >= 0.6 is 0 Å². The van der Waals surface area contributed by atoms with Crippen LogP contribution in [0.15, 0.2) is 0 Å². The molecule has 1 N–H and O–H groups in total. The normalized spacial score (nSPS) is 45.2. The molecule has 0 aromatic carbocycles. The monoisotopic (exact) mass is 428 g/mol. The molecule has 31 heavy (non-hydrogen) atoms. The van der Waals surface area contributed by atoms with Gasteiger partial charge in [-0.05, 0) is 117 Å². The molecule has 6 heteroatoms. The van der Waals surface area contributed by atoms with E-state index in [1.807, 2.05) is 6.92 Å². The number of fused-ring (bicyclic) bond motifs is 5. The van der Waals surface area contributed by atoms with Gasteiger partial charge in [0.2, 0.25) is 0 Å². The van der Waals surface area contributed by atoms with Gasteiger partial charge in [0, 0.05) is 5.92 Å². The van der Waals surface area contributed by atoms with Gasteiger partial charge in [0.25, 0.3) is 0 Å². The smallest absolute Gasteiger partial charge is 0.157 e. The Morgan fingerprint density at radius 3 is 2.68 bits per heavy atom. The number of hydrogen-bond acceptors (Lipinski definition) is 5. The van der Waals surface area contributed by atoms with E-state index in [4.69, 9.17) is 0 Å². The fourth-order valence-electron chi connectivity index (χ4n) is 8.67. The molecule has 5 rings (SSSR count). The SMILES string of the molecule is Cc1nnnn1CC(=O)[C@H]1CCC[C@H]2[C@@H]3CC[C@@H]4C[C@](C)(O)CCC[C@@H]4[C@H]3CC(C)[C@@H]21. The number of nitrogens with zero attached hydrogens (tertiary/aromatic N) is 4. The molecular formula is C25H40N4O2. The van der Waals surface area contributed by atoms with E-state index < -0.39 is 5.60 Å². The lowest BCUT2D eigenvalue weighted by molar-refractivity contribution is -0.135. The lowest BCUT2D eigenvalue weighted by atomic mass is 9.48. The minimum atomic E-state index is -0.466. The average molecular weight is 429 g/mol. The lowest BCUT2D eigenvalue weighted by Gasteiger charge is -2.57. The van der Waals surface area contributed by atoms with Crippen LogP contribution in [-0.2, 0) is 11.3 Å². The van der Waals surface area contributed by atoms with Gasteiger partial charge in [-0.3, -0.25) is 4.79 Å². The number of tetrazole rings is 1. The second-order valence-electron chi connectivity index (χ2n) is 11.8. The molecule has 4 aliphatic rings. The molecular weight excluding hydrogens is 388 g/mol. The summed E-state index contributed by atoms with van der Waals surface area (Å²) in [6.07, 6.45) is 11.8. The summed E-state index contributed by atoms with van der Waals surface area (Å²) in [5, 5.41) is 22.5. The molecule has 0 aliphatic heterocycles. The Balaban J connectivity index is 1.35. The highest BCUT2D eigenvalue weighted by Crippen LogP contribution is 2.59. The predicted molar refractivity (Wildman–Crippen MR) is 118 cm³/mol. The zero-order valence-electron chi connectivity index (χ0n) is 19.5. The number of aliphatic hydroxyl groups is 1. The third kappa shape index (κ3) is 3.98. The van der Waals surface area contributed by atoms with E-state index in [1.54, 1.807) is 4.68 Å². The van der Waals surface area contributed by atoms with Crippen LogP contribution in [0, 0.1) is 54.3 Å². The maximum absolute atomic E-state index is 13.4. The fourth-order valence-corrected chi connectivity index (χ4v) is 8.67. The molecule has 0 radical (unpaired) electrons. The number of aryl methyl sites for hydroxylation is 1. The molecule has 9 atom stereocenters. The van der Waals surface area contributed by atoms with Crippen molar-refractivity contribution in [2.24, 2.45) is 47.3 Å². The lowest BCUT2D eigenvalue weighted by Crippen LogP contribution is -2.51. The highest BCUT2D eigenvalue weighted by atomic mass is 16.3. The van der Waals surface area contributed by atoms with E-state index in [0.717, 1.165) is 42.8 Å². The van der Waals surface area contributed by atoms with Crippen LogP contribution in [0.1, 0.15) is 83.9 Å². The van der Waals surface area contributed by atoms with Crippen LogP contribution < -0.4 is 0 Å². The van der Waals surface area contributed by atoms with Crippen molar-refractivity contribution in [3.63, 3.8) is 0 Å². The van der Waals surface area contributed by atoms with Gasteiger partial charge >= 0.3 is 0 Å². The number of aromatic nitrogens is 4. The molecule has 0 saturated heterocycles. The Labute approximate surface area is 186 Å². The Morgan fingerprint density at radius 1 is 1.10 bits per heavy atom. The van der Waals surface area contributed by atoms with Crippen LogP contribution in [0.2, 0.25) is 0 Å². The summed E-state index contributed by atoms with van der Waals surface area (Å²) in [5.74, 6) is 6.16. The minimum absolute atomic E-state index is 0.172. The van der Waals surface area contributed by atoms with Gasteiger partial charge in [-0.1, -0.05) is 19.8 Å². The van der Waals surface area contributed by atoms with E-state index in [-0.39, 0.29) is 5.92 Å². The van der Waals surface area contributed by atoms with Crippen molar-refractivity contribution in [3.05, 3.63) is 5.82 Å². The van der Waals surface area contributed by atoms with Crippen LogP contribution in [0.4, 0.5) is 0 Å². The zero-order valence-corrected chi connectivity index (χ0v) is 19.5. The average Bonchev–Trinajstić information content (AvgIpc) is 3.04. The van der Waals surface area contributed by atoms with E-state index in [0.29, 0.717) is 36.0 Å². The van der Waals surface area contributed by atoms with Crippen molar-refractivity contribution in [2.45, 2.75) is 97.1 Å². The molecule has 1 aromatic heterocycles. The summed E-state index contributed by atoms with van der Waals surface area (Å²) < 4.78 is 1.67. The standard InChI is InChI=1S/C25H40N4O2/c1-15-12-22-18-8-5-11-25(3,31)13-17(18)9-10-19(22)20-6-4-7-21(24(15)20)23(30)14-29-16(2)26-27-28-29/h15,17-22,24,31H,4-14H2,1-3H3/t15?,17-,18+,19+,20+,21-,22-,24+,25-/m1/s1. The van der Waals surface area contributed by atoms with Gasteiger partial charge < -0.3 is 5.11 Å². The van der Waals surface area contributed by atoms with Crippen LogP contribution in [0.3, 0.4) is 0 Å². The van der Waals surface area contributed by atoms with Crippen LogP contribution in [0.25, 0.3) is 0 Å². The van der Waals surface area contributed by atoms with Crippen molar-refractivity contribution >= 4 is 5.78 Å². The topological polar surface area (TPSA) is 80.9 Å². The van der Waals surface area contributed by atoms with Crippen LogP contribution in [0.5, 0.6) is 0 Å². The Hall–Kier alpha value is -1.30. The number of Topliss-reactive ketones (excluding diaryl/α,β-unsaturated/α-hetero) is 1. The van der Waals surface area contributed by atoms with Gasteiger partial charge in [0.05, 0.1) is 5.60 Å². The third-order valence-electron chi connectivity index (χ3n) is 9.82. The van der Waals surface area contributed by atoms with Gasteiger partial charge in [-0.2, -0.15) is 0 Å². The van der Waals surface area contributed by atoms with Crippen molar-refractivity contribution in [2.75, 3.05) is 0 Å². The van der Waals surface area contributed by atoms with Crippen molar-refractivity contribution in [3.8, 4) is 0 Å². The third-order valence-corrected chi connectivity index (χ3v) is 9.82. The number of carbonyl (C=O) groups excluding carboxylic acids is 1. The summed E-state index contributed by atoms with van der Waals surface area (Å²) in [6, 6.07) is 0. The fraction of sp³-hybridized carbons (Fsp3) is 0.920. The molecule has 0 amide bonds. The van der Waals surface area contributed by atoms with Gasteiger partial charge in [0.15, 0.2) is 5.78 Å². The summed E-state index contributed by atoms with van der Waals surface area (Å²) in [4.78, 5) is 13.4. The summed E-state index contributed by atoms with van der Waals surface area (Å²) in [7, 11) is 0. The van der Waals surface area contributed by atoms with E-state index in [1.165, 1.54) is 44.9 Å². The number of rotatable bonds is 3. The van der Waals surface area contributed by atoms with E-state index >= 15 is 0 Å². The zero-order chi connectivity index (χ0) is 21.8. The Bertz CT molecular complexity index is 805. The highest BCUT2D eigenvalue weighted by molar-refractivity contribution is 5.81. The summed E-state index contributed by atoms with van der Waals surface area (Å²) in [5.41, 5.74) is -0.466. The largest absolute Gasteiger partial charge is 0.390 e. The Morgan fingerprint density at radius 2 is 1.90 bits per heavy atom. The number of hydrogen-bond donors (Lipinski definition) is 1. The van der Waals surface area contributed by atoms with E-state index in [9.17, 15) is 9.90 Å². The number of ketones is 1. The molecule has 4 saturated carbocycles. The first-order valence-corrected chi connectivity index (χ1v) is 12.8. The first-order valence-electron chi connectivity index (χ1n) is 12.8.